The zero-order valence-corrected chi connectivity index (χ0v) is 46.7. The second kappa shape index (κ2) is 24.1. The Morgan fingerprint density at radius 3 is 2.44 bits per heavy atom. The lowest BCUT2D eigenvalue weighted by molar-refractivity contribution is -0.118. The fourth-order valence-electron chi connectivity index (χ4n) is 12.0. The molecule has 18 heteroatoms. The maximum absolute atomic E-state index is 17.0. The number of aromatic nitrogens is 5. The number of piperazine rings is 1. The molecule has 2 bridgehead atoms. The van der Waals surface area contributed by atoms with Gasteiger partial charge in [0.1, 0.15) is 41.8 Å². The lowest BCUT2D eigenvalue weighted by atomic mass is 9.95. The predicted molar refractivity (Wildman–Crippen MR) is 304 cm³/mol. The van der Waals surface area contributed by atoms with Crippen LogP contribution in [-0.4, -0.2) is 117 Å². The highest BCUT2D eigenvalue weighted by molar-refractivity contribution is 7.13. The molecule has 5 aliphatic heterocycles. The van der Waals surface area contributed by atoms with E-state index in [-0.39, 0.29) is 46.3 Å². The number of aryl methyl sites for hydroxylation is 1. The molecule has 4 aromatic heterocycles. The zero-order chi connectivity index (χ0) is 55.4. The van der Waals surface area contributed by atoms with E-state index < -0.39 is 11.6 Å². The Balaban J connectivity index is 0.000000231. The summed E-state index contributed by atoms with van der Waals surface area (Å²) in [5, 5.41) is 12.2. The molecule has 0 saturated carbocycles. The van der Waals surface area contributed by atoms with Gasteiger partial charge in [-0.15, -0.1) is 17.8 Å². The second-order valence-corrected chi connectivity index (χ2v) is 23.0. The van der Waals surface area contributed by atoms with E-state index in [9.17, 15) is 14.0 Å². The minimum atomic E-state index is -0.628. The molecule has 5 fully saturated rings. The number of ether oxygens (including phenoxy) is 2. The Morgan fingerprint density at radius 1 is 0.962 bits per heavy atom. The van der Waals surface area contributed by atoms with Gasteiger partial charge in [-0.2, -0.15) is 9.97 Å². The standard InChI is InChI=1S/C42H45F2N7O3.C13H14N2OS.C6H11NO/c1-5-30-33(43)13-10-26-8-6-9-31(36(26)30)38-37(44)39-32(19-45-38)40(50-20-27-11-12-28(21-50)46-27)48-41(47-39)53-23-42-15-7-17-51(42)29(14-16-42)22-52-35-18-34(54-49-35)25(4)24(2)3;1-9(14-7-16)11-3-5-12(6-4-11)13-10(2)15-8-17-13;1-6-3-2-4-7(6)5-8/h1,6,8-10,13,18-19,24-25,27-29,46H,7,11-12,14-17,20-23H2,2-4H3;3-9H,1-2H3,(H,14,16);5-6H,2-4H2,1H3/t25?,27?,28?,29-,42+;9-;6-/m001/s1. The Hall–Kier alpha value is -7.07. The van der Waals surface area contributed by atoms with Crippen LogP contribution >= 0.6 is 11.3 Å². The third-order valence-electron chi connectivity index (χ3n) is 16.9. The summed E-state index contributed by atoms with van der Waals surface area (Å²) in [5.41, 5.74) is 5.61. The molecule has 2 N–H and O–H groups in total. The smallest absolute Gasteiger partial charge is 0.319 e. The maximum Gasteiger partial charge on any atom is 0.319 e. The summed E-state index contributed by atoms with van der Waals surface area (Å²) in [6.07, 6.45) is 17.5. The van der Waals surface area contributed by atoms with Crippen LogP contribution in [0.4, 0.5) is 14.6 Å². The van der Waals surface area contributed by atoms with Crippen LogP contribution in [0.25, 0.3) is 43.4 Å². The average molecular weight is 1090 g/mol. The number of fused-ring (bicyclic) bond motifs is 5. The number of hydrogen-bond donors (Lipinski definition) is 2. The summed E-state index contributed by atoms with van der Waals surface area (Å²) in [4.78, 5) is 46.9. The van der Waals surface area contributed by atoms with Crippen LogP contribution < -0.4 is 25.0 Å². The lowest BCUT2D eigenvalue weighted by Crippen LogP contribution is -2.51. The Labute approximate surface area is 464 Å². The number of nitrogens with one attached hydrogen (secondary N) is 2. The first-order valence-electron chi connectivity index (χ1n) is 27.7. The van der Waals surface area contributed by atoms with Crippen LogP contribution in [0.3, 0.4) is 0 Å². The normalized spacial score (nSPS) is 22.2. The molecule has 414 valence electrons. The Bertz CT molecular complexity index is 3320. The molecule has 0 aliphatic carbocycles. The van der Waals surface area contributed by atoms with E-state index in [2.05, 4.69) is 81.3 Å². The van der Waals surface area contributed by atoms with E-state index >= 15 is 4.39 Å². The van der Waals surface area contributed by atoms with Crippen LogP contribution in [-0.2, 0) is 9.59 Å². The molecule has 0 radical (unpaired) electrons. The van der Waals surface area contributed by atoms with Crippen molar-refractivity contribution < 1.29 is 32.4 Å². The van der Waals surface area contributed by atoms with E-state index in [1.165, 1.54) is 29.3 Å². The monoisotopic (exact) mass is 1090 g/mol. The number of rotatable bonds is 15. The molecule has 2 amide bonds. The number of carbonyl (C=O) groups excluding carboxylic acids is 2. The van der Waals surface area contributed by atoms with Gasteiger partial charge in [0.05, 0.1) is 38.6 Å². The quantitative estimate of drug-likeness (QED) is 0.0737. The van der Waals surface area contributed by atoms with Crippen molar-refractivity contribution in [2.24, 2.45) is 5.92 Å². The van der Waals surface area contributed by atoms with E-state index in [0.29, 0.717) is 70.7 Å². The molecule has 9 heterocycles. The van der Waals surface area contributed by atoms with Crippen molar-refractivity contribution in [3.63, 3.8) is 0 Å². The van der Waals surface area contributed by atoms with Crippen LogP contribution in [0.5, 0.6) is 11.9 Å². The number of pyridine rings is 1. The molecule has 7 aromatic rings. The highest BCUT2D eigenvalue weighted by atomic mass is 32.1. The van der Waals surface area contributed by atoms with Gasteiger partial charge in [-0.3, -0.25) is 19.5 Å². The molecular formula is C61H70F2N10O5S. The lowest BCUT2D eigenvalue weighted by Gasteiger charge is -2.35. The van der Waals surface area contributed by atoms with Crippen molar-refractivity contribution in [1.82, 2.24) is 45.5 Å². The molecule has 12 rings (SSSR count). The molecule has 5 saturated heterocycles. The second-order valence-electron chi connectivity index (χ2n) is 22.2. The fraction of sp³-hybridized carbons (Fsp3) is 0.459. The summed E-state index contributed by atoms with van der Waals surface area (Å²) in [6, 6.07) is 20.0. The minimum Gasteiger partial charge on any atom is -0.474 e. The summed E-state index contributed by atoms with van der Waals surface area (Å²) in [6.45, 7) is 16.8. The molecule has 0 spiro atoms. The maximum atomic E-state index is 17.0. The van der Waals surface area contributed by atoms with Gasteiger partial charge in [-0.25, -0.2) is 13.8 Å². The number of halogens is 2. The number of amides is 2. The minimum absolute atomic E-state index is 0.0447. The van der Waals surface area contributed by atoms with Gasteiger partial charge in [0.25, 0.3) is 5.88 Å². The molecule has 3 unspecified atom stereocenters. The van der Waals surface area contributed by atoms with E-state index in [1.807, 2.05) is 48.5 Å². The van der Waals surface area contributed by atoms with Gasteiger partial charge in [0.15, 0.2) is 5.82 Å². The van der Waals surface area contributed by atoms with Crippen molar-refractivity contribution in [3.05, 3.63) is 107 Å². The third-order valence-corrected chi connectivity index (χ3v) is 17.9. The molecule has 15 nitrogen and oxygen atoms in total. The van der Waals surface area contributed by atoms with Gasteiger partial charge < -0.3 is 34.4 Å². The van der Waals surface area contributed by atoms with Crippen molar-refractivity contribution in [2.45, 2.75) is 135 Å². The van der Waals surface area contributed by atoms with E-state index in [0.717, 1.165) is 94.5 Å². The van der Waals surface area contributed by atoms with Crippen molar-refractivity contribution in [2.75, 3.05) is 44.3 Å². The molecule has 3 aromatic carbocycles. The van der Waals surface area contributed by atoms with E-state index in [4.69, 9.17) is 30.4 Å². The number of thiazole rings is 1. The summed E-state index contributed by atoms with van der Waals surface area (Å²) < 4.78 is 50.3. The van der Waals surface area contributed by atoms with Gasteiger partial charge in [-0.1, -0.05) is 75.2 Å². The van der Waals surface area contributed by atoms with Crippen LogP contribution in [0.2, 0.25) is 0 Å². The number of anilines is 1. The number of carbonyl (C=O) groups is 2. The van der Waals surface area contributed by atoms with Gasteiger partial charge in [0, 0.05) is 72.9 Å². The number of terminal acetylenes is 1. The molecular weight excluding hydrogens is 1020 g/mol. The highest BCUT2D eigenvalue weighted by Crippen LogP contribution is 2.44. The highest BCUT2D eigenvalue weighted by Gasteiger charge is 2.50. The van der Waals surface area contributed by atoms with Crippen molar-refractivity contribution >= 4 is 51.7 Å². The first kappa shape index (κ1) is 55.3. The SMILES string of the molecule is C#Cc1c(F)ccc2cccc(-c3ncc4c(N5CC6CCC(C5)N6)nc(OC[C@]56CCCN5[C@H](COc5cc(C(C)C(C)C)on5)CC6)nc4c3F)c12.C[C@@H]1CCCN1C=O.Cc1ncsc1-c1ccc([C@H](C)NC=O)cc1. The van der Waals surface area contributed by atoms with E-state index in [1.54, 1.807) is 35.7 Å². The largest absolute Gasteiger partial charge is 0.474 e. The van der Waals surface area contributed by atoms with Gasteiger partial charge in [-0.05, 0) is 112 Å². The van der Waals surface area contributed by atoms with Gasteiger partial charge in [0.2, 0.25) is 12.8 Å². The third kappa shape index (κ3) is 11.7. The zero-order valence-electron chi connectivity index (χ0n) is 45.9. The summed E-state index contributed by atoms with van der Waals surface area (Å²) >= 11 is 1.64. The first-order chi connectivity index (χ1) is 38.3. The molecule has 7 atom stereocenters. The molecule has 5 aliphatic rings. The first-order valence-corrected chi connectivity index (χ1v) is 28.6. The summed E-state index contributed by atoms with van der Waals surface area (Å²) in [7, 11) is 0. The van der Waals surface area contributed by atoms with Crippen LogP contribution in [0.15, 0.2) is 76.9 Å². The van der Waals surface area contributed by atoms with Crippen molar-refractivity contribution in [1.29, 1.82) is 0 Å². The van der Waals surface area contributed by atoms with Crippen LogP contribution in [0, 0.1) is 36.8 Å². The van der Waals surface area contributed by atoms with Gasteiger partial charge >= 0.3 is 6.01 Å². The number of benzene rings is 3. The average Bonchev–Trinajstić information content (AvgIpc) is 4.42. The number of nitrogens with zero attached hydrogens (tertiary/aromatic N) is 8. The predicted octanol–water partition coefficient (Wildman–Crippen LogP) is 10.8. The van der Waals surface area contributed by atoms with Crippen molar-refractivity contribution in [3.8, 4) is 45.9 Å². The molecule has 79 heavy (non-hydrogen) atoms. The Morgan fingerprint density at radius 2 is 1.76 bits per heavy atom. The topological polar surface area (TPSA) is 164 Å². The number of likely N-dealkylation sites (tertiary alicyclic amines) is 1. The summed E-state index contributed by atoms with van der Waals surface area (Å²) in [5.74, 6) is 3.95. The fourth-order valence-corrected chi connectivity index (χ4v) is 12.9. The van der Waals surface area contributed by atoms with Crippen LogP contribution in [0.1, 0.15) is 121 Å². The Kier molecular flexibility index (Phi) is 16.9. The number of hydrogen-bond acceptors (Lipinski definition) is 14.